The molecule has 0 bridgehead atoms. The van der Waals surface area contributed by atoms with E-state index < -0.39 is 0 Å². The van der Waals surface area contributed by atoms with Crippen LogP contribution in [0.5, 0.6) is 0 Å². The van der Waals surface area contributed by atoms with Gasteiger partial charge in [0.2, 0.25) is 5.71 Å². The fourth-order valence-corrected chi connectivity index (χ4v) is 6.69. The Kier molecular flexibility index (Phi) is 7.32. The van der Waals surface area contributed by atoms with Crippen LogP contribution in [0.25, 0.3) is 101 Å². The van der Waals surface area contributed by atoms with Gasteiger partial charge in [-0.2, -0.15) is 0 Å². The summed E-state index contributed by atoms with van der Waals surface area (Å²) in [5.41, 5.74) is 9.06. The average molecular weight is 681 g/mol. The molecule has 0 aliphatic heterocycles. The fourth-order valence-electron chi connectivity index (χ4n) is 6.69. The lowest BCUT2D eigenvalue weighted by molar-refractivity contribution is 0.653. The Morgan fingerprint density at radius 1 is 0.358 bits per heavy atom. The zero-order chi connectivity index (χ0) is 35.1. The van der Waals surface area contributed by atoms with Gasteiger partial charge >= 0.3 is 0 Å². The highest BCUT2D eigenvalue weighted by Gasteiger charge is 2.20. The SMILES string of the molecule is c1ccc(-c2cnc3oc4c(-c5ccc6ccccc6c5)nc(-c5ccc(-c6nc(-c7ccccc7)nc(-c7ccccc7)n6)cc5)nc4c3c2)cc1. The molecule has 0 atom stereocenters. The minimum atomic E-state index is 0.516. The van der Waals surface area contributed by atoms with Crippen molar-refractivity contribution in [3.8, 4) is 67.9 Å². The third-order valence-electron chi connectivity index (χ3n) is 9.40. The Bertz CT molecular complexity index is 2870. The van der Waals surface area contributed by atoms with Gasteiger partial charge in [0.25, 0.3) is 0 Å². The quantitative estimate of drug-likeness (QED) is 0.173. The molecule has 7 nitrogen and oxygen atoms in total. The highest BCUT2D eigenvalue weighted by Crippen LogP contribution is 2.37. The van der Waals surface area contributed by atoms with E-state index in [-0.39, 0.29) is 0 Å². The third kappa shape index (κ3) is 5.66. The molecule has 248 valence electrons. The molecule has 0 radical (unpaired) electrons. The summed E-state index contributed by atoms with van der Waals surface area (Å²) in [6.45, 7) is 0. The van der Waals surface area contributed by atoms with E-state index in [9.17, 15) is 0 Å². The zero-order valence-electron chi connectivity index (χ0n) is 28.3. The van der Waals surface area contributed by atoms with E-state index in [1.807, 2.05) is 121 Å². The number of nitrogens with zero attached hydrogens (tertiary/aromatic N) is 6. The molecule has 4 aromatic heterocycles. The van der Waals surface area contributed by atoms with Crippen LogP contribution in [-0.2, 0) is 0 Å². The van der Waals surface area contributed by atoms with Gasteiger partial charge in [-0.15, -0.1) is 0 Å². The molecule has 4 heterocycles. The molecule has 0 aliphatic carbocycles. The summed E-state index contributed by atoms with van der Waals surface area (Å²) in [6.07, 6.45) is 1.84. The summed E-state index contributed by atoms with van der Waals surface area (Å²) in [5.74, 6) is 2.38. The second-order valence-electron chi connectivity index (χ2n) is 12.8. The summed E-state index contributed by atoms with van der Waals surface area (Å²) < 4.78 is 6.45. The van der Waals surface area contributed by atoms with Gasteiger partial charge in [-0.3, -0.25) is 0 Å². The third-order valence-corrected chi connectivity index (χ3v) is 9.40. The second kappa shape index (κ2) is 12.7. The predicted molar refractivity (Wildman–Crippen MR) is 211 cm³/mol. The van der Waals surface area contributed by atoms with Gasteiger partial charge < -0.3 is 4.42 Å². The van der Waals surface area contributed by atoms with Gasteiger partial charge in [0, 0.05) is 39.6 Å². The highest BCUT2D eigenvalue weighted by molar-refractivity contribution is 6.07. The van der Waals surface area contributed by atoms with Crippen LogP contribution in [-0.4, -0.2) is 29.9 Å². The van der Waals surface area contributed by atoms with Gasteiger partial charge in [-0.25, -0.2) is 29.9 Å². The number of furan rings is 1. The normalized spacial score (nSPS) is 11.4. The lowest BCUT2D eigenvalue weighted by Gasteiger charge is -2.10. The van der Waals surface area contributed by atoms with Gasteiger partial charge in [0.15, 0.2) is 28.9 Å². The van der Waals surface area contributed by atoms with Crippen LogP contribution in [0.3, 0.4) is 0 Å². The number of rotatable bonds is 6. The lowest BCUT2D eigenvalue weighted by atomic mass is 10.0. The van der Waals surface area contributed by atoms with Crippen molar-refractivity contribution in [1.29, 1.82) is 0 Å². The van der Waals surface area contributed by atoms with E-state index in [4.69, 9.17) is 34.3 Å². The van der Waals surface area contributed by atoms with E-state index >= 15 is 0 Å². The first kappa shape index (κ1) is 30.4. The molecular weight excluding hydrogens is 653 g/mol. The number of aromatic nitrogens is 6. The maximum atomic E-state index is 6.45. The minimum Gasteiger partial charge on any atom is -0.434 e. The van der Waals surface area contributed by atoms with Gasteiger partial charge in [-0.1, -0.05) is 152 Å². The van der Waals surface area contributed by atoms with Gasteiger partial charge in [0.05, 0.1) is 5.39 Å². The minimum absolute atomic E-state index is 0.516. The highest BCUT2D eigenvalue weighted by atomic mass is 16.3. The summed E-state index contributed by atoms with van der Waals surface area (Å²) in [5, 5.41) is 3.10. The number of benzene rings is 6. The Morgan fingerprint density at radius 3 is 1.45 bits per heavy atom. The molecule has 10 aromatic rings. The van der Waals surface area contributed by atoms with Crippen molar-refractivity contribution in [1.82, 2.24) is 29.9 Å². The van der Waals surface area contributed by atoms with E-state index in [0.717, 1.165) is 55.1 Å². The van der Waals surface area contributed by atoms with Crippen LogP contribution in [0.1, 0.15) is 0 Å². The van der Waals surface area contributed by atoms with Crippen molar-refractivity contribution < 1.29 is 4.42 Å². The van der Waals surface area contributed by atoms with Crippen LogP contribution >= 0.6 is 0 Å². The molecule has 7 heteroatoms. The van der Waals surface area contributed by atoms with E-state index in [1.54, 1.807) is 0 Å². The van der Waals surface area contributed by atoms with Crippen molar-refractivity contribution in [3.05, 3.63) is 170 Å². The molecule has 0 aliphatic rings. The predicted octanol–water partition coefficient (Wildman–Crippen LogP) is 11.1. The second-order valence-corrected chi connectivity index (χ2v) is 12.8. The molecule has 0 spiro atoms. The largest absolute Gasteiger partial charge is 0.434 e. The Hall–Kier alpha value is -7.38. The van der Waals surface area contributed by atoms with Crippen LogP contribution in [0.4, 0.5) is 0 Å². The summed E-state index contributed by atoms with van der Waals surface area (Å²) in [6, 6.07) is 55.0. The van der Waals surface area contributed by atoms with E-state index in [1.165, 1.54) is 0 Å². The molecule has 0 N–H and O–H groups in total. The number of fused-ring (bicyclic) bond motifs is 4. The Morgan fingerprint density at radius 2 is 0.849 bits per heavy atom. The van der Waals surface area contributed by atoms with E-state index in [0.29, 0.717) is 45.8 Å². The standard InChI is InChI=1S/C46H28N6O/c1-4-12-29(13-5-1)37-27-38-40-41(53-46(38)47-28-37)39(36-25-20-30-14-10-11-19-35(30)26-36)48-42(49-40)33-21-23-34(24-22-33)45-51-43(31-15-6-2-7-16-31)50-44(52-45)32-17-8-3-9-18-32/h1-28H. The topological polar surface area (TPSA) is 90.5 Å². The van der Waals surface area contributed by atoms with Crippen LogP contribution in [0.15, 0.2) is 174 Å². The first-order chi connectivity index (χ1) is 26.2. The molecule has 0 saturated carbocycles. The maximum absolute atomic E-state index is 6.45. The van der Waals surface area contributed by atoms with Gasteiger partial charge in [0.1, 0.15) is 11.2 Å². The van der Waals surface area contributed by atoms with Crippen molar-refractivity contribution in [2.45, 2.75) is 0 Å². The van der Waals surface area contributed by atoms with Gasteiger partial charge in [-0.05, 0) is 28.5 Å². The van der Waals surface area contributed by atoms with Crippen molar-refractivity contribution in [2.24, 2.45) is 0 Å². The van der Waals surface area contributed by atoms with Crippen LogP contribution < -0.4 is 0 Å². The molecule has 0 amide bonds. The summed E-state index contributed by atoms with van der Waals surface area (Å²) in [4.78, 5) is 29.7. The number of hydrogen-bond acceptors (Lipinski definition) is 7. The first-order valence-electron chi connectivity index (χ1n) is 17.4. The van der Waals surface area contributed by atoms with Crippen molar-refractivity contribution in [2.75, 3.05) is 0 Å². The number of pyridine rings is 1. The maximum Gasteiger partial charge on any atom is 0.229 e. The smallest absolute Gasteiger partial charge is 0.229 e. The Labute approximate surface area is 304 Å². The van der Waals surface area contributed by atoms with Crippen molar-refractivity contribution >= 4 is 33.0 Å². The average Bonchev–Trinajstić information content (AvgIpc) is 3.62. The lowest BCUT2D eigenvalue weighted by Crippen LogP contribution is -2.00. The van der Waals surface area contributed by atoms with E-state index in [2.05, 4.69) is 48.5 Å². The molecule has 6 aromatic carbocycles. The van der Waals surface area contributed by atoms with Crippen LogP contribution in [0, 0.1) is 0 Å². The number of hydrogen-bond donors (Lipinski definition) is 0. The van der Waals surface area contributed by atoms with Crippen molar-refractivity contribution in [3.63, 3.8) is 0 Å². The molecule has 0 fully saturated rings. The monoisotopic (exact) mass is 680 g/mol. The summed E-state index contributed by atoms with van der Waals surface area (Å²) >= 11 is 0. The molecule has 53 heavy (non-hydrogen) atoms. The Balaban J connectivity index is 1.12. The summed E-state index contributed by atoms with van der Waals surface area (Å²) in [7, 11) is 0. The molecular formula is C46H28N6O. The molecule has 10 rings (SSSR count). The molecule has 0 saturated heterocycles. The first-order valence-corrected chi connectivity index (χ1v) is 17.4. The van der Waals surface area contributed by atoms with Crippen LogP contribution in [0.2, 0.25) is 0 Å². The fraction of sp³-hybridized carbons (Fsp3) is 0. The molecule has 0 unspecified atom stereocenters. The zero-order valence-corrected chi connectivity index (χ0v) is 28.3.